The van der Waals surface area contributed by atoms with Gasteiger partial charge in [-0.05, 0) is 13.3 Å². The lowest BCUT2D eigenvalue weighted by Gasteiger charge is -1.90. The van der Waals surface area contributed by atoms with Crippen LogP contribution in [0.25, 0.3) is 0 Å². The van der Waals surface area contributed by atoms with Crippen molar-refractivity contribution in [2.24, 2.45) is 0 Å². The van der Waals surface area contributed by atoms with E-state index in [1.807, 2.05) is 0 Å². The molecule has 0 bridgehead atoms. The Kier molecular flexibility index (Phi) is 13.3. The Morgan fingerprint density at radius 3 is 2.00 bits per heavy atom. The van der Waals surface area contributed by atoms with Crippen LogP contribution < -0.4 is 0 Å². The Balaban J connectivity index is 0. The number of ketones is 1. The molecule has 74 valence electrons. The Morgan fingerprint density at radius 2 is 1.75 bits per heavy atom. The summed E-state index contributed by atoms with van der Waals surface area (Å²) in [5.74, 6) is 0.318. The minimum atomic E-state index is -0.611. The second-order valence-corrected chi connectivity index (χ2v) is 4.38. The Hall–Kier alpha value is -0.0200. The van der Waals surface area contributed by atoms with Crippen LogP contribution in [0.1, 0.15) is 39.5 Å². The highest BCUT2D eigenvalue weighted by atomic mass is 32.2. The number of carbonyl (C=O) groups excluding carboxylic acids is 1. The van der Waals surface area contributed by atoms with Crippen LogP contribution in [0.3, 0.4) is 0 Å². The lowest BCUT2D eigenvalue weighted by Crippen LogP contribution is -1.87. The zero-order valence-corrected chi connectivity index (χ0v) is 9.37. The van der Waals surface area contributed by atoms with Crippen molar-refractivity contribution in [2.75, 3.05) is 12.5 Å². The number of rotatable bonds is 4. The van der Waals surface area contributed by atoms with Crippen LogP contribution >= 0.6 is 0 Å². The summed E-state index contributed by atoms with van der Waals surface area (Å²) < 4.78 is 9.56. The molecule has 0 rings (SSSR count). The van der Waals surface area contributed by atoms with Gasteiger partial charge < -0.3 is 9.35 Å². The van der Waals surface area contributed by atoms with Crippen molar-refractivity contribution in [1.82, 2.24) is 0 Å². The first-order valence-electron chi connectivity index (χ1n) is 4.25. The quantitative estimate of drug-likeness (QED) is 0.506. The van der Waals surface area contributed by atoms with Gasteiger partial charge in [-0.2, -0.15) is 0 Å². The fraction of sp³-hybridized carbons (Fsp3) is 0.889. The monoisotopic (exact) mass is 192 g/mol. The molecule has 0 aromatic carbocycles. The van der Waals surface area contributed by atoms with Gasteiger partial charge in [-0.3, -0.25) is 0 Å². The van der Waals surface area contributed by atoms with E-state index in [4.69, 9.17) is 0 Å². The third kappa shape index (κ3) is 32.5. The maximum Gasteiger partial charge on any atom is 0.129 e. The SMILES string of the molecule is CCCCCC(C)=O.C[S+](C)[O-]. The maximum atomic E-state index is 10.3. The van der Waals surface area contributed by atoms with E-state index >= 15 is 0 Å². The van der Waals surface area contributed by atoms with Crippen molar-refractivity contribution in [3.63, 3.8) is 0 Å². The number of hydrogen-bond acceptors (Lipinski definition) is 2. The molecule has 0 spiro atoms. The maximum absolute atomic E-state index is 10.3. The Morgan fingerprint density at radius 1 is 1.33 bits per heavy atom. The van der Waals surface area contributed by atoms with Crippen molar-refractivity contribution >= 4 is 17.0 Å². The summed E-state index contributed by atoms with van der Waals surface area (Å²) in [6.45, 7) is 3.79. The van der Waals surface area contributed by atoms with Gasteiger partial charge in [0.2, 0.25) is 0 Å². The number of unbranched alkanes of at least 4 members (excludes halogenated alkanes) is 2. The Bertz CT molecular complexity index is 99.9. The summed E-state index contributed by atoms with van der Waals surface area (Å²) in [7, 11) is 0. The zero-order valence-electron chi connectivity index (χ0n) is 8.55. The summed E-state index contributed by atoms with van der Waals surface area (Å²) in [6.07, 6.45) is 7.52. The van der Waals surface area contributed by atoms with Crippen molar-refractivity contribution in [3.8, 4) is 0 Å². The molecule has 12 heavy (non-hydrogen) atoms. The van der Waals surface area contributed by atoms with Gasteiger partial charge in [-0.1, -0.05) is 30.9 Å². The van der Waals surface area contributed by atoms with Gasteiger partial charge in [0.05, 0.1) is 12.5 Å². The molecule has 0 fully saturated rings. The van der Waals surface area contributed by atoms with Crippen LogP contribution in [-0.4, -0.2) is 22.8 Å². The van der Waals surface area contributed by atoms with Gasteiger partial charge in [-0.25, -0.2) is 0 Å². The van der Waals surface area contributed by atoms with Gasteiger partial charge in [-0.15, -0.1) is 0 Å². The summed E-state index contributed by atoms with van der Waals surface area (Å²) in [6, 6.07) is 0. The average Bonchev–Trinajstić information content (AvgIpc) is 1.86. The van der Waals surface area contributed by atoms with Crippen molar-refractivity contribution in [1.29, 1.82) is 0 Å². The van der Waals surface area contributed by atoms with Crippen LogP contribution in [-0.2, 0) is 16.0 Å². The molecule has 0 radical (unpaired) electrons. The zero-order chi connectivity index (χ0) is 9.98. The van der Waals surface area contributed by atoms with Crippen molar-refractivity contribution in [2.45, 2.75) is 39.5 Å². The van der Waals surface area contributed by atoms with E-state index < -0.39 is 11.2 Å². The van der Waals surface area contributed by atoms with E-state index in [9.17, 15) is 9.35 Å². The van der Waals surface area contributed by atoms with E-state index in [-0.39, 0.29) is 0 Å². The molecule has 0 aliphatic carbocycles. The first-order chi connectivity index (χ1) is 5.50. The highest BCUT2D eigenvalue weighted by molar-refractivity contribution is 7.89. The molecule has 0 saturated carbocycles. The molecule has 0 aliphatic heterocycles. The molecule has 0 N–H and O–H groups in total. The number of carbonyl (C=O) groups is 1. The fourth-order valence-corrected chi connectivity index (χ4v) is 0.624. The van der Waals surface area contributed by atoms with E-state index in [0.717, 1.165) is 12.8 Å². The second kappa shape index (κ2) is 11.0. The van der Waals surface area contributed by atoms with Crippen LogP contribution in [0, 0.1) is 0 Å². The van der Waals surface area contributed by atoms with Gasteiger partial charge in [0.25, 0.3) is 0 Å². The van der Waals surface area contributed by atoms with E-state index in [1.54, 1.807) is 19.4 Å². The first-order valence-corrected chi connectivity index (χ1v) is 6.21. The lowest BCUT2D eigenvalue weighted by atomic mass is 10.2. The molecule has 0 aromatic rings. The second-order valence-electron chi connectivity index (χ2n) is 2.90. The van der Waals surface area contributed by atoms with Gasteiger partial charge in [0.15, 0.2) is 0 Å². The van der Waals surface area contributed by atoms with Crippen LogP contribution in [0.5, 0.6) is 0 Å². The largest absolute Gasteiger partial charge is 0.617 e. The van der Waals surface area contributed by atoms with Crippen molar-refractivity contribution in [3.05, 3.63) is 0 Å². The molecule has 0 aliphatic rings. The predicted molar refractivity (Wildman–Crippen MR) is 54.8 cm³/mol. The molecule has 0 aromatic heterocycles. The summed E-state index contributed by atoms with van der Waals surface area (Å²) in [5.41, 5.74) is 0. The van der Waals surface area contributed by atoms with Gasteiger partial charge in [0, 0.05) is 6.42 Å². The average molecular weight is 192 g/mol. The predicted octanol–water partition coefficient (Wildman–Crippen LogP) is 2.15. The minimum absolute atomic E-state index is 0.318. The van der Waals surface area contributed by atoms with E-state index in [1.165, 1.54) is 12.8 Å². The Labute approximate surface area is 78.9 Å². The molecule has 0 unspecified atom stereocenters. The minimum Gasteiger partial charge on any atom is -0.617 e. The van der Waals surface area contributed by atoms with Gasteiger partial charge >= 0.3 is 0 Å². The molecular formula is C9H20O2S. The van der Waals surface area contributed by atoms with Crippen LogP contribution in [0.2, 0.25) is 0 Å². The lowest BCUT2D eigenvalue weighted by molar-refractivity contribution is -0.117. The number of Topliss-reactive ketones (excluding diaryl/α,β-unsaturated/α-hetero) is 1. The summed E-state index contributed by atoms with van der Waals surface area (Å²) >= 11 is -0.611. The fourth-order valence-electron chi connectivity index (χ4n) is 0.624. The van der Waals surface area contributed by atoms with Crippen molar-refractivity contribution < 1.29 is 9.35 Å². The molecule has 0 amide bonds. The highest BCUT2D eigenvalue weighted by Gasteiger charge is 1.89. The molecule has 3 heteroatoms. The summed E-state index contributed by atoms with van der Waals surface area (Å²) in [5, 5.41) is 0. The summed E-state index contributed by atoms with van der Waals surface area (Å²) in [4.78, 5) is 10.3. The third-order valence-electron chi connectivity index (χ3n) is 1.13. The first kappa shape index (κ1) is 14.5. The molecular weight excluding hydrogens is 172 g/mol. The molecule has 0 heterocycles. The molecule has 0 saturated heterocycles. The molecule has 0 atom stereocenters. The van der Waals surface area contributed by atoms with Crippen LogP contribution in [0.4, 0.5) is 0 Å². The normalized spacial score (nSPS) is 9.17. The third-order valence-corrected chi connectivity index (χ3v) is 1.13. The topological polar surface area (TPSA) is 40.1 Å². The smallest absolute Gasteiger partial charge is 0.129 e. The standard InChI is InChI=1S/C7H14O.C2H6OS/c1-3-4-5-6-7(2)8;1-4(2)3/h3-6H2,1-2H3;1-2H3. The van der Waals surface area contributed by atoms with E-state index in [0.29, 0.717) is 5.78 Å². The number of hydrogen-bond donors (Lipinski definition) is 0. The van der Waals surface area contributed by atoms with Gasteiger partial charge in [0.1, 0.15) is 5.78 Å². The highest BCUT2D eigenvalue weighted by Crippen LogP contribution is 1.98. The van der Waals surface area contributed by atoms with Crippen LogP contribution in [0.15, 0.2) is 0 Å². The molecule has 2 nitrogen and oxygen atoms in total. The van der Waals surface area contributed by atoms with E-state index in [2.05, 4.69) is 6.92 Å².